The Balaban J connectivity index is 2.06. The van der Waals surface area contributed by atoms with Crippen molar-refractivity contribution in [1.82, 2.24) is 0 Å². The first kappa shape index (κ1) is 13.1. The monoisotopic (exact) mass is 255 g/mol. The number of hydrogen-bond donors (Lipinski definition) is 4. The summed E-state index contributed by atoms with van der Waals surface area (Å²) in [6, 6.07) is 6.57. The molecular weight excluding hydrogens is 238 g/mol. The van der Waals surface area contributed by atoms with Crippen LogP contribution >= 0.6 is 0 Å². The fraction of sp³-hybridized carbons (Fsp3) is 0.500. The van der Waals surface area contributed by atoms with Crippen molar-refractivity contribution in [2.75, 3.05) is 5.73 Å². The van der Waals surface area contributed by atoms with Crippen LogP contribution in [0.1, 0.15) is 6.92 Å². The van der Waals surface area contributed by atoms with E-state index >= 15 is 0 Å². The minimum Gasteiger partial charge on any atom is -0.462 e. The van der Waals surface area contributed by atoms with Gasteiger partial charge in [0.2, 0.25) is 6.29 Å². The van der Waals surface area contributed by atoms with Crippen molar-refractivity contribution in [3.63, 3.8) is 0 Å². The Bertz CT molecular complexity index is 396. The van der Waals surface area contributed by atoms with Gasteiger partial charge in [-0.2, -0.15) is 0 Å². The second-order valence-electron chi connectivity index (χ2n) is 4.37. The number of rotatable bonds is 2. The Morgan fingerprint density at radius 1 is 1.06 bits per heavy atom. The van der Waals surface area contributed by atoms with Gasteiger partial charge in [0.15, 0.2) is 0 Å². The molecule has 0 unspecified atom stereocenters. The molecule has 2 rings (SSSR count). The number of aliphatic hydroxyl groups is 3. The molecular formula is C12H17NO5. The van der Waals surface area contributed by atoms with Crippen LogP contribution in [0.4, 0.5) is 5.69 Å². The largest absolute Gasteiger partial charge is 0.462 e. The maximum atomic E-state index is 9.76. The summed E-state index contributed by atoms with van der Waals surface area (Å²) in [5.74, 6) is 0.462. The first-order valence-electron chi connectivity index (χ1n) is 5.71. The highest BCUT2D eigenvalue weighted by atomic mass is 16.7. The van der Waals surface area contributed by atoms with Gasteiger partial charge in [-0.25, -0.2) is 0 Å². The molecule has 0 radical (unpaired) electrons. The number of benzene rings is 1. The summed E-state index contributed by atoms with van der Waals surface area (Å²) in [6.07, 6.45) is -5.39. The van der Waals surface area contributed by atoms with Crippen molar-refractivity contribution in [2.24, 2.45) is 0 Å². The first-order chi connectivity index (χ1) is 8.49. The lowest BCUT2D eigenvalue weighted by atomic mass is 10.00. The van der Waals surface area contributed by atoms with Gasteiger partial charge >= 0.3 is 0 Å². The molecule has 6 nitrogen and oxygen atoms in total. The maximum absolute atomic E-state index is 9.76. The van der Waals surface area contributed by atoms with Crippen LogP contribution < -0.4 is 10.5 Å². The fourth-order valence-electron chi connectivity index (χ4n) is 1.79. The van der Waals surface area contributed by atoms with Gasteiger partial charge in [0.05, 0.1) is 6.10 Å². The molecule has 1 aliphatic rings. The highest BCUT2D eigenvalue weighted by Gasteiger charge is 2.43. The SMILES string of the molecule is C[C@@H]1O[C@@H](Oc2ccc(N)cc2)[C@@H](O)[C@@H](O)[C@@H]1O. The molecule has 5 atom stereocenters. The minimum atomic E-state index is -1.31. The lowest BCUT2D eigenvalue weighted by Crippen LogP contribution is -2.58. The van der Waals surface area contributed by atoms with Gasteiger partial charge in [-0.1, -0.05) is 0 Å². The zero-order valence-electron chi connectivity index (χ0n) is 9.93. The predicted octanol–water partition coefficient (Wildman–Crippen LogP) is -0.525. The smallest absolute Gasteiger partial charge is 0.229 e. The van der Waals surface area contributed by atoms with Crippen molar-refractivity contribution in [2.45, 2.75) is 37.6 Å². The van der Waals surface area contributed by atoms with E-state index in [9.17, 15) is 15.3 Å². The molecule has 0 aromatic heterocycles. The van der Waals surface area contributed by atoms with Crippen LogP contribution in [-0.4, -0.2) is 46.0 Å². The molecule has 6 heteroatoms. The van der Waals surface area contributed by atoms with Crippen LogP contribution in [0.2, 0.25) is 0 Å². The van der Waals surface area contributed by atoms with E-state index in [1.165, 1.54) is 0 Å². The summed E-state index contributed by atoms with van der Waals surface area (Å²) in [6.45, 7) is 1.60. The van der Waals surface area contributed by atoms with E-state index in [-0.39, 0.29) is 0 Å². The summed E-state index contributed by atoms with van der Waals surface area (Å²) in [5.41, 5.74) is 6.13. The van der Waals surface area contributed by atoms with E-state index < -0.39 is 30.7 Å². The standard InChI is InChI=1S/C12H17NO5/c1-6-9(14)10(15)11(16)12(17-6)18-8-4-2-7(13)3-5-8/h2-6,9-12,14-16H,13H2,1H3/t6-,9+,10-,11-,12-/m0/s1. The highest BCUT2D eigenvalue weighted by Crippen LogP contribution is 2.24. The lowest BCUT2D eigenvalue weighted by Gasteiger charge is -2.38. The molecule has 0 bridgehead atoms. The molecule has 100 valence electrons. The zero-order chi connectivity index (χ0) is 13.3. The molecule has 0 saturated carbocycles. The molecule has 0 aliphatic carbocycles. The van der Waals surface area contributed by atoms with Crippen LogP contribution in [0.3, 0.4) is 0 Å². The van der Waals surface area contributed by atoms with Crippen LogP contribution in [0.5, 0.6) is 5.75 Å². The summed E-state index contributed by atoms with van der Waals surface area (Å²) in [5, 5.41) is 28.9. The maximum Gasteiger partial charge on any atom is 0.229 e. The summed E-state index contributed by atoms with van der Waals surface area (Å²) < 4.78 is 10.7. The number of aliphatic hydroxyl groups excluding tert-OH is 3. The molecule has 1 aromatic carbocycles. The van der Waals surface area contributed by atoms with Crippen molar-refractivity contribution >= 4 is 5.69 Å². The van der Waals surface area contributed by atoms with Crippen LogP contribution in [0.15, 0.2) is 24.3 Å². The molecule has 1 saturated heterocycles. The fourth-order valence-corrected chi connectivity index (χ4v) is 1.79. The van der Waals surface area contributed by atoms with Gasteiger partial charge in [0.1, 0.15) is 24.1 Å². The number of nitrogens with two attached hydrogens (primary N) is 1. The first-order valence-corrected chi connectivity index (χ1v) is 5.71. The summed E-state index contributed by atoms with van der Waals surface area (Å²) >= 11 is 0. The van der Waals surface area contributed by atoms with E-state index in [1.807, 2.05) is 0 Å². The number of hydrogen-bond acceptors (Lipinski definition) is 6. The van der Waals surface area contributed by atoms with Crippen molar-refractivity contribution in [3.05, 3.63) is 24.3 Å². The van der Waals surface area contributed by atoms with Crippen LogP contribution in [-0.2, 0) is 4.74 Å². The summed E-state index contributed by atoms with van der Waals surface area (Å²) in [7, 11) is 0. The third-order valence-electron chi connectivity index (χ3n) is 2.94. The van der Waals surface area contributed by atoms with E-state index in [1.54, 1.807) is 31.2 Å². The molecule has 5 N–H and O–H groups in total. The second kappa shape index (κ2) is 5.11. The highest BCUT2D eigenvalue weighted by molar-refractivity contribution is 5.41. The number of ether oxygens (including phenoxy) is 2. The molecule has 1 aromatic rings. The van der Waals surface area contributed by atoms with Crippen LogP contribution in [0, 0.1) is 0 Å². The third-order valence-corrected chi connectivity index (χ3v) is 2.94. The van der Waals surface area contributed by atoms with Gasteiger partial charge in [-0.3, -0.25) is 0 Å². The average molecular weight is 255 g/mol. The molecule has 0 amide bonds. The van der Waals surface area contributed by atoms with E-state index in [0.717, 1.165) is 0 Å². The Morgan fingerprint density at radius 3 is 2.28 bits per heavy atom. The van der Waals surface area contributed by atoms with Crippen molar-refractivity contribution < 1.29 is 24.8 Å². The minimum absolute atomic E-state index is 0.462. The predicted molar refractivity (Wildman–Crippen MR) is 63.8 cm³/mol. The van der Waals surface area contributed by atoms with Crippen molar-refractivity contribution in [1.29, 1.82) is 0 Å². The number of anilines is 1. The molecule has 1 heterocycles. The topological polar surface area (TPSA) is 105 Å². The Morgan fingerprint density at radius 2 is 1.67 bits per heavy atom. The van der Waals surface area contributed by atoms with Crippen LogP contribution in [0.25, 0.3) is 0 Å². The van der Waals surface area contributed by atoms with E-state index in [0.29, 0.717) is 11.4 Å². The number of nitrogen functional groups attached to an aromatic ring is 1. The van der Waals surface area contributed by atoms with Gasteiger partial charge in [0, 0.05) is 5.69 Å². The van der Waals surface area contributed by atoms with Gasteiger partial charge in [0.25, 0.3) is 0 Å². The Kier molecular flexibility index (Phi) is 3.72. The van der Waals surface area contributed by atoms with E-state index in [4.69, 9.17) is 15.2 Å². The summed E-state index contributed by atoms with van der Waals surface area (Å²) in [4.78, 5) is 0. The quantitative estimate of drug-likeness (QED) is 0.530. The van der Waals surface area contributed by atoms with Gasteiger partial charge < -0.3 is 30.5 Å². The molecule has 0 spiro atoms. The second-order valence-corrected chi connectivity index (χ2v) is 4.37. The van der Waals surface area contributed by atoms with Crippen molar-refractivity contribution in [3.8, 4) is 5.75 Å². The Hall–Kier alpha value is -1.34. The third kappa shape index (κ3) is 2.56. The molecule has 1 aliphatic heterocycles. The lowest BCUT2D eigenvalue weighted by molar-refractivity contribution is -0.268. The molecule has 1 fully saturated rings. The zero-order valence-corrected chi connectivity index (χ0v) is 9.93. The molecule has 18 heavy (non-hydrogen) atoms. The Labute approximate surface area is 105 Å². The normalized spacial score (nSPS) is 36.3. The van der Waals surface area contributed by atoms with E-state index in [2.05, 4.69) is 0 Å². The van der Waals surface area contributed by atoms with Gasteiger partial charge in [-0.05, 0) is 31.2 Å². The van der Waals surface area contributed by atoms with Gasteiger partial charge in [-0.15, -0.1) is 0 Å². The average Bonchev–Trinajstić information content (AvgIpc) is 2.36.